The Hall–Kier alpha value is -1.87. The quantitative estimate of drug-likeness (QED) is 0.195. The molecule has 3 aromatic rings. The number of alkyl halides is 1. The summed E-state index contributed by atoms with van der Waals surface area (Å²) in [5.74, 6) is -0.155. The number of benzene rings is 3. The molecule has 1 amide bonds. The third-order valence-corrected chi connectivity index (χ3v) is 7.06. The number of anilines is 1. The lowest BCUT2D eigenvalue weighted by Crippen LogP contribution is -2.38. The smallest absolute Gasteiger partial charge is 0.243 e. The van der Waals surface area contributed by atoms with Gasteiger partial charge >= 0.3 is 0 Å². The van der Waals surface area contributed by atoms with Crippen molar-refractivity contribution < 1.29 is 15.0 Å². The SMILES string of the molecule is Cl.O.O=C(CN1C=CN(C(Cl)C(OCc2ccc(Cl)cc2Cl)c2ccc(Cl)cc2)C1)Nc1ccc(Cl)cc1. The van der Waals surface area contributed by atoms with Gasteiger partial charge < -0.3 is 25.3 Å². The van der Waals surface area contributed by atoms with Crippen molar-refractivity contribution >= 4 is 82.0 Å². The molecule has 4 rings (SSSR count). The van der Waals surface area contributed by atoms with Crippen LogP contribution in [0.4, 0.5) is 5.69 Å². The summed E-state index contributed by atoms with van der Waals surface area (Å²) in [5, 5.41) is 5.15. The van der Waals surface area contributed by atoms with Crippen LogP contribution in [0, 0.1) is 0 Å². The van der Waals surface area contributed by atoms with Gasteiger partial charge in [-0.1, -0.05) is 76.2 Å². The highest BCUT2D eigenvalue weighted by Crippen LogP contribution is 2.33. The van der Waals surface area contributed by atoms with Gasteiger partial charge in [-0.15, -0.1) is 12.4 Å². The number of carbonyl (C=O) groups excluding carboxylic acids is 1. The van der Waals surface area contributed by atoms with Gasteiger partial charge in [0.1, 0.15) is 11.6 Å². The Balaban J connectivity index is 0.00000253. The Bertz CT molecular complexity index is 1230. The van der Waals surface area contributed by atoms with E-state index >= 15 is 0 Å². The number of ether oxygens (including phenoxy) is 1. The topological polar surface area (TPSA) is 76.3 Å². The predicted molar refractivity (Wildman–Crippen MR) is 159 cm³/mol. The minimum atomic E-state index is -0.571. The average molecular weight is 640 g/mol. The van der Waals surface area contributed by atoms with E-state index < -0.39 is 11.6 Å². The van der Waals surface area contributed by atoms with Crippen molar-refractivity contribution in [2.75, 3.05) is 18.5 Å². The molecule has 6 nitrogen and oxygen atoms in total. The summed E-state index contributed by atoms with van der Waals surface area (Å²) < 4.78 is 6.27. The zero-order valence-electron chi connectivity index (χ0n) is 19.8. The van der Waals surface area contributed by atoms with Gasteiger partial charge in [0, 0.05) is 38.2 Å². The molecule has 1 heterocycles. The summed E-state index contributed by atoms with van der Waals surface area (Å²) in [5.41, 5.74) is 1.76. The lowest BCUT2D eigenvalue weighted by atomic mass is 10.1. The maximum atomic E-state index is 12.5. The number of amides is 1. The Morgan fingerprint density at radius 2 is 1.50 bits per heavy atom. The Morgan fingerprint density at radius 3 is 2.13 bits per heavy atom. The van der Waals surface area contributed by atoms with Crippen LogP contribution in [0.25, 0.3) is 0 Å². The molecule has 3 aromatic carbocycles. The second-order valence-corrected chi connectivity index (χ2v) is 10.3. The molecule has 0 saturated carbocycles. The number of carbonyl (C=O) groups is 1. The zero-order valence-corrected chi connectivity index (χ0v) is 24.4. The third kappa shape index (κ3) is 8.83. The maximum absolute atomic E-state index is 12.5. The summed E-state index contributed by atoms with van der Waals surface area (Å²) in [6.45, 7) is 0.806. The number of nitrogens with one attached hydrogen (secondary N) is 1. The Kier molecular flexibility index (Phi) is 12.8. The number of rotatable bonds is 9. The first-order valence-electron chi connectivity index (χ1n) is 11.0. The van der Waals surface area contributed by atoms with E-state index in [2.05, 4.69) is 5.32 Å². The minimum Gasteiger partial charge on any atom is -0.412 e. The molecule has 3 N–H and O–H groups in total. The Labute approximate surface area is 252 Å². The largest absolute Gasteiger partial charge is 0.412 e. The van der Waals surface area contributed by atoms with Crippen LogP contribution >= 0.6 is 70.4 Å². The van der Waals surface area contributed by atoms with Crippen LogP contribution < -0.4 is 5.32 Å². The first-order chi connectivity index (χ1) is 17.3. The maximum Gasteiger partial charge on any atom is 0.243 e. The van der Waals surface area contributed by atoms with E-state index in [0.717, 1.165) is 11.1 Å². The van der Waals surface area contributed by atoms with Crippen molar-refractivity contribution in [1.29, 1.82) is 0 Å². The molecule has 0 aromatic heterocycles. The van der Waals surface area contributed by atoms with Gasteiger partial charge in [0.15, 0.2) is 0 Å². The molecule has 204 valence electrons. The highest BCUT2D eigenvalue weighted by atomic mass is 35.5. The molecule has 12 heteroatoms. The highest BCUT2D eigenvalue weighted by molar-refractivity contribution is 6.35. The van der Waals surface area contributed by atoms with Gasteiger partial charge in [0.25, 0.3) is 0 Å². The first kappa shape index (κ1) is 32.3. The number of halogens is 6. The van der Waals surface area contributed by atoms with E-state index in [1.54, 1.807) is 48.5 Å². The predicted octanol–water partition coefficient (Wildman–Crippen LogP) is 7.41. The van der Waals surface area contributed by atoms with Crippen LogP contribution in [0.2, 0.25) is 20.1 Å². The zero-order chi connectivity index (χ0) is 25.7. The van der Waals surface area contributed by atoms with Crippen molar-refractivity contribution in [3.63, 3.8) is 0 Å². The van der Waals surface area contributed by atoms with E-state index in [4.69, 9.17) is 62.7 Å². The molecule has 0 spiro atoms. The van der Waals surface area contributed by atoms with E-state index in [1.165, 1.54) is 0 Å². The van der Waals surface area contributed by atoms with Crippen LogP contribution in [0.5, 0.6) is 0 Å². The second kappa shape index (κ2) is 15.1. The highest BCUT2D eigenvalue weighted by Gasteiger charge is 2.30. The molecule has 0 aliphatic carbocycles. The fraction of sp³-hybridized carbons (Fsp3) is 0.192. The average Bonchev–Trinajstić information content (AvgIpc) is 3.31. The van der Waals surface area contributed by atoms with Crippen LogP contribution in [0.15, 0.2) is 79.1 Å². The lowest BCUT2D eigenvalue weighted by molar-refractivity contribution is -0.117. The van der Waals surface area contributed by atoms with Crippen LogP contribution in [0.1, 0.15) is 17.2 Å². The van der Waals surface area contributed by atoms with Crippen molar-refractivity contribution in [3.8, 4) is 0 Å². The molecule has 0 fully saturated rings. The van der Waals surface area contributed by atoms with Crippen molar-refractivity contribution in [2.24, 2.45) is 0 Å². The van der Waals surface area contributed by atoms with Gasteiger partial charge in [-0.2, -0.15) is 0 Å². The van der Waals surface area contributed by atoms with Crippen LogP contribution in [-0.2, 0) is 16.1 Å². The third-order valence-electron chi connectivity index (χ3n) is 5.49. The number of nitrogens with zero attached hydrogens (tertiary/aromatic N) is 2. The molecule has 1 aliphatic heterocycles. The summed E-state index contributed by atoms with van der Waals surface area (Å²) in [6, 6.07) is 19.5. The molecular formula is C26H25Cl6N3O3. The number of hydrogen-bond acceptors (Lipinski definition) is 4. The molecule has 0 saturated heterocycles. The van der Waals surface area contributed by atoms with E-state index in [-0.39, 0.29) is 36.9 Å². The van der Waals surface area contributed by atoms with Gasteiger partial charge in [-0.3, -0.25) is 4.79 Å². The van der Waals surface area contributed by atoms with Crippen LogP contribution in [0.3, 0.4) is 0 Å². The molecule has 2 unspecified atom stereocenters. The molecule has 38 heavy (non-hydrogen) atoms. The van der Waals surface area contributed by atoms with E-state index in [1.807, 2.05) is 40.4 Å². The van der Waals surface area contributed by atoms with E-state index in [0.29, 0.717) is 32.4 Å². The fourth-order valence-electron chi connectivity index (χ4n) is 3.64. The molecular weight excluding hydrogens is 615 g/mol. The fourth-order valence-corrected chi connectivity index (χ4v) is 4.70. The standard InChI is InChI=1S/C26H22Cl5N3O2.ClH.H2O/c27-19-4-1-17(2-5-19)25(36-15-18-3-6-21(29)13-23(18)30)26(31)34-12-11-33(16-34)14-24(35)32-22-9-7-20(28)8-10-22;;/h1-13,25-26H,14-16H2,(H,32,35);1H;1H2. The monoisotopic (exact) mass is 637 g/mol. The summed E-state index contributed by atoms with van der Waals surface area (Å²) in [7, 11) is 0. The van der Waals surface area contributed by atoms with Gasteiger partial charge in [0.05, 0.1) is 19.8 Å². The van der Waals surface area contributed by atoms with Gasteiger partial charge in [0.2, 0.25) is 5.91 Å². The van der Waals surface area contributed by atoms with Crippen molar-refractivity contribution in [3.05, 3.63) is 110 Å². The molecule has 0 radical (unpaired) electrons. The summed E-state index contributed by atoms with van der Waals surface area (Å²) in [4.78, 5) is 16.3. The molecule has 0 bridgehead atoms. The van der Waals surface area contributed by atoms with Crippen LogP contribution in [-0.4, -0.2) is 39.9 Å². The number of hydrogen-bond donors (Lipinski definition) is 1. The normalized spacial score (nSPS) is 13.9. The molecule has 2 atom stereocenters. The van der Waals surface area contributed by atoms with Crippen molar-refractivity contribution in [1.82, 2.24) is 9.80 Å². The van der Waals surface area contributed by atoms with Gasteiger partial charge in [-0.25, -0.2) is 0 Å². The first-order valence-corrected chi connectivity index (χ1v) is 12.9. The molecule has 1 aliphatic rings. The second-order valence-electron chi connectivity index (χ2n) is 8.15. The van der Waals surface area contributed by atoms with E-state index in [9.17, 15) is 4.79 Å². The van der Waals surface area contributed by atoms with Crippen molar-refractivity contribution in [2.45, 2.75) is 18.2 Å². The van der Waals surface area contributed by atoms with Gasteiger partial charge in [-0.05, 0) is 59.7 Å². The summed E-state index contributed by atoms with van der Waals surface area (Å²) >= 11 is 31.3. The lowest BCUT2D eigenvalue weighted by Gasteiger charge is -2.31. The summed E-state index contributed by atoms with van der Waals surface area (Å²) in [6.07, 6.45) is 3.16. The Morgan fingerprint density at radius 1 is 0.895 bits per heavy atom. The minimum absolute atomic E-state index is 0.